The average Bonchev–Trinajstić information content (AvgIpc) is 3.39. The van der Waals surface area contributed by atoms with E-state index < -0.39 is 17.7 Å². The third-order valence-electron chi connectivity index (χ3n) is 7.12. The van der Waals surface area contributed by atoms with E-state index in [0.29, 0.717) is 33.5 Å². The van der Waals surface area contributed by atoms with Crippen molar-refractivity contribution >= 4 is 40.2 Å². The summed E-state index contributed by atoms with van der Waals surface area (Å²) in [4.78, 5) is 53.0. The number of amides is 1. The normalized spacial score (nSPS) is 12.2. The van der Waals surface area contributed by atoms with Crippen LogP contribution < -0.4 is 10.9 Å². The van der Waals surface area contributed by atoms with E-state index in [1.165, 1.54) is 9.25 Å². The SMILES string of the molecule is CCC(=O)c1c(-c2ccccc2)c2cc(Cl)ccc2c(=O)n1Cc1cc(C(=O)OC(C)CC)n(CCNC(=O)OC(C)(C)C)n1. The van der Waals surface area contributed by atoms with Gasteiger partial charge in [0.05, 0.1) is 30.6 Å². The molecule has 10 nitrogen and oxygen atoms in total. The molecule has 11 heteroatoms. The van der Waals surface area contributed by atoms with Crippen molar-refractivity contribution in [1.29, 1.82) is 0 Å². The largest absolute Gasteiger partial charge is 0.458 e. The molecular formula is C34H39ClN4O6. The molecule has 0 bridgehead atoms. The van der Waals surface area contributed by atoms with Crippen molar-refractivity contribution in [2.75, 3.05) is 6.54 Å². The van der Waals surface area contributed by atoms with Crippen molar-refractivity contribution in [3.05, 3.63) is 87.1 Å². The molecule has 4 rings (SSSR count). The summed E-state index contributed by atoms with van der Waals surface area (Å²) in [6.07, 6.45) is -0.157. The minimum Gasteiger partial charge on any atom is -0.458 e. The van der Waals surface area contributed by atoms with E-state index in [1.54, 1.807) is 58.9 Å². The number of esters is 1. The molecule has 238 valence electrons. The number of rotatable bonds is 11. The second-order valence-electron chi connectivity index (χ2n) is 11.7. The lowest BCUT2D eigenvalue weighted by Gasteiger charge is -2.19. The van der Waals surface area contributed by atoms with Gasteiger partial charge in [-0.25, -0.2) is 9.59 Å². The summed E-state index contributed by atoms with van der Waals surface area (Å²) in [7, 11) is 0. The first kappa shape index (κ1) is 33.5. The van der Waals surface area contributed by atoms with Crippen molar-refractivity contribution in [3.8, 4) is 11.1 Å². The zero-order chi connectivity index (χ0) is 32.9. The van der Waals surface area contributed by atoms with Crippen molar-refractivity contribution in [2.24, 2.45) is 0 Å². The number of carbonyl (C=O) groups excluding carboxylic acids is 3. The molecule has 2 aromatic heterocycles. The zero-order valence-corrected chi connectivity index (χ0v) is 27.2. The van der Waals surface area contributed by atoms with Crippen molar-refractivity contribution in [3.63, 3.8) is 0 Å². The summed E-state index contributed by atoms with van der Waals surface area (Å²) >= 11 is 6.37. The van der Waals surface area contributed by atoms with E-state index in [0.717, 1.165) is 5.56 Å². The zero-order valence-electron chi connectivity index (χ0n) is 26.5. The highest BCUT2D eigenvalue weighted by Crippen LogP contribution is 2.33. The van der Waals surface area contributed by atoms with E-state index in [2.05, 4.69) is 10.4 Å². The molecule has 2 aromatic carbocycles. The van der Waals surface area contributed by atoms with Gasteiger partial charge in [-0.3, -0.25) is 18.8 Å². The minimum absolute atomic E-state index is 0.0889. The van der Waals surface area contributed by atoms with Crippen LogP contribution in [0, 0.1) is 0 Å². The van der Waals surface area contributed by atoms with Gasteiger partial charge in [-0.2, -0.15) is 5.10 Å². The number of carbonyl (C=O) groups is 3. The van der Waals surface area contributed by atoms with Crippen LogP contribution in [0.3, 0.4) is 0 Å². The molecule has 0 aliphatic heterocycles. The summed E-state index contributed by atoms with van der Waals surface area (Å²) in [5, 5.41) is 8.70. The fraction of sp³-hybridized carbons (Fsp3) is 0.382. The molecule has 0 aliphatic rings. The van der Waals surface area contributed by atoms with E-state index in [-0.39, 0.29) is 54.9 Å². The monoisotopic (exact) mass is 634 g/mol. The van der Waals surface area contributed by atoms with E-state index >= 15 is 0 Å². The molecule has 0 radical (unpaired) electrons. The van der Waals surface area contributed by atoms with Crippen LogP contribution in [0.2, 0.25) is 5.02 Å². The number of nitrogens with one attached hydrogen (secondary N) is 1. The van der Waals surface area contributed by atoms with Crippen molar-refractivity contribution < 1.29 is 23.9 Å². The lowest BCUT2D eigenvalue weighted by atomic mass is 9.94. The number of ether oxygens (including phenoxy) is 2. The van der Waals surface area contributed by atoms with Gasteiger partial charge in [-0.15, -0.1) is 0 Å². The molecule has 0 aliphatic carbocycles. The first-order chi connectivity index (χ1) is 21.3. The number of hydrogen-bond acceptors (Lipinski definition) is 7. The molecule has 0 saturated heterocycles. The summed E-state index contributed by atoms with van der Waals surface area (Å²) in [6, 6.07) is 15.9. The minimum atomic E-state index is -0.668. The Bertz CT molecular complexity index is 1770. The Morgan fingerprint density at radius 1 is 1.02 bits per heavy atom. The Balaban J connectivity index is 1.83. The number of benzene rings is 2. The average molecular weight is 635 g/mol. The van der Waals surface area contributed by atoms with Crippen LogP contribution in [0.15, 0.2) is 59.4 Å². The Kier molecular flexibility index (Phi) is 10.5. The first-order valence-electron chi connectivity index (χ1n) is 15.0. The maximum atomic E-state index is 14.0. The molecule has 45 heavy (non-hydrogen) atoms. The number of Topliss-reactive ketones (excluding diaryl/α,β-unsaturated/α-hetero) is 1. The molecule has 1 unspecified atom stereocenters. The van der Waals surface area contributed by atoms with Crippen LogP contribution in [0.5, 0.6) is 0 Å². The standard InChI is InChI=1S/C34H39ClN4O6/c1-7-21(3)44-32(42)27-19-24(37-39(27)17-16-36-33(43)45-34(4,5)6)20-38-30(28(40)8-2)29(22-12-10-9-11-13-22)26-18-23(35)14-15-25(26)31(38)41/h9-15,18-19,21H,7-8,16-17,20H2,1-6H3,(H,36,43). The lowest BCUT2D eigenvalue weighted by molar-refractivity contribution is 0.0320. The van der Waals surface area contributed by atoms with E-state index in [9.17, 15) is 19.2 Å². The van der Waals surface area contributed by atoms with Crippen molar-refractivity contribution in [2.45, 2.75) is 79.2 Å². The topological polar surface area (TPSA) is 122 Å². The third-order valence-corrected chi connectivity index (χ3v) is 7.35. The van der Waals surface area contributed by atoms with Gasteiger partial charge in [0, 0.05) is 28.9 Å². The molecule has 0 spiro atoms. The number of halogens is 1. The highest BCUT2D eigenvalue weighted by atomic mass is 35.5. The number of alkyl carbamates (subject to hydrolysis) is 1. The van der Waals surface area contributed by atoms with Gasteiger partial charge >= 0.3 is 12.1 Å². The van der Waals surface area contributed by atoms with Gasteiger partial charge in [0.15, 0.2) is 5.78 Å². The molecule has 1 N–H and O–H groups in total. The number of hydrogen-bond donors (Lipinski definition) is 1. The van der Waals surface area contributed by atoms with Gasteiger partial charge < -0.3 is 14.8 Å². The molecule has 4 aromatic rings. The molecule has 0 saturated carbocycles. The third kappa shape index (κ3) is 7.99. The summed E-state index contributed by atoms with van der Waals surface area (Å²) in [6.45, 7) is 10.9. The second-order valence-corrected chi connectivity index (χ2v) is 12.2. The maximum absolute atomic E-state index is 14.0. The number of fused-ring (bicyclic) bond motifs is 1. The molecule has 2 heterocycles. The molecule has 1 atom stereocenters. The Labute approximate surface area is 267 Å². The molecule has 0 fully saturated rings. The smallest absolute Gasteiger partial charge is 0.407 e. The van der Waals surface area contributed by atoms with E-state index in [4.69, 9.17) is 21.1 Å². The van der Waals surface area contributed by atoms with Crippen LogP contribution in [-0.2, 0) is 22.6 Å². The van der Waals surface area contributed by atoms with Crippen LogP contribution in [-0.4, -0.2) is 50.4 Å². The fourth-order valence-corrected chi connectivity index (χ4v) is 5.05. The highest BCUT2D eigenvalue weighted by molar-refractivity contribution is 6.31. The van der Waals surface area contributed by atoms with Crippen LogP contribution in [0.4, 0.5) is 4.79 Å². The Morgan fingerprint density at radius 3 is 2.38 bits per heavy atom. The quantitative estimate of drug-likeness (QED) is 0.145. The van der Waals surface area contributed by atoms with E-state index in [1.807, 2.05) is 37.3 Å². The first-order valence-corrected chi connectivity index (χ1v) is 15.4. The number of aromatic nitrogens is 3. The Morgan fingerprint density at radius 2 is 1.73 bits per heavy atom. The molecular weight excluding hydrogens is 596 g/mol. The molecule has 1 amide bonds. The van der Waals surface area contributed by atoms with Gasteiger partial charge in [-0.1, -0.05) is 55.8 Å². The highest BCUT2D eigenvalue weighted by Gasteiger charge is 2.25. The Hall–Kier alpha value is -4.44. The predicted octanol–water partition coefficient (Wildman–Crippen LogP) is 6.64. The van der Waals surface area contributed by atoms with Gasteiger partial charge in [-0.05, 0) is 69.3 Å². The van der Waals surface area contributed by atoms with Crippen LogP contribution >= 0.6 is 11.6 Å². The maximum Gasteiger partial charge on any atom is 0.407 e. The fourth-order valence-electron chi connectivity index (χ4n) is 4.87. The predicted molar refractivity (Wildman–Crippen MR) is 174 cm³/mol. The summed E-state index contributed by atoms with van der Waals surface area (Å²) < 4.78 is 13.7. The van der Waals surface area contributed by atoms with Gasteiger partial charge in [0.25, 0.3) is 5.56 Å². The lowest BCUT2D eigenvalue weighted by Crippen LogP contribution is -2.34. The summed E-state index contributed by atoms with van der Waals surface area (Å²) in [5.74, 6) is -0.819. The second kappa shape index (κ2) is 14.1. The van der Waals surface area contributed by atoms with Gasteiger partial charge in [0.1, 0.15) is 11.3 Å². The number of ketones is 1. The van der Waals surface area contributed by atoms with Crippen LogP contribution in [0.1, 0.15) is 81.1 Å². The van der Waals surface area contributed by atoms with Crippen LogP contribution in [0.25, 0.3) is 21.9 Å². The number of pyridine rings is 1. The van der Waals surface area contributed by atoms with Gasteiger partial charge in [0.2, 0.25) is 0 Å². The number of nitrogens with zero attached hydrogens (tertiary/aromatic N) is 3. The van der Waals surface area contributed by atoms with Crippen molar-refractivity contribution in [1.82, 2.24) is 19.7 Å². The summed E-state index contributed by atoms with van der Waals surface area (Å²) in [5.41, 5.74) is 1.05.